The molecule has 1 atom stereocenters. The molecule has 0 spiro atoms. The zero-order chi connectivity index (χ0) is 13.1. The maximum atomic E-state index is 11.5. The van der Waals surface area contributed by atoms with Crippen LogP contribution in [0, 0.1) is 0 Å². The zero-order valence-electron chi connectivity index (χ0n) is 10.5. The van der Waals surface area contributed by atoms with E-state index in [1.54, 1.807) is 11.9 Å². The van der Waals surface area contributed by atoms with Crippen LogP contribution in [-0.4, -0.2) is 29.8 Å². The normalized spacial score (nSPS) is 12.6. The lowest BCUT2D eigenvalue weighted by Crippen LogP contribution is -2.37. The highest BCUT2D eigenvalue weighted by atomic mass is 35.5. The predicted octanol–water partition coefficient (Wildman–Crippen LogP) is 3.06. The summed E-state index contributed by atoms with van der Waals surface area (Å²) in [6, 6.07) is 9.97. The van der Waals surface area contributed by atoms with Gasteiger partial charge in [0.2, 0.25) is 5.91 Å². The zero-order valence-corrected chi connectivity index (χ0v) is 11.3. The van der Waals surface area contributed by atoms with E-state index < -0.39 is 0 Å². The van der Waals surface area contributed by atoms with Gasteiger partial charge in [-0.05, 0) is 19.1 Å². The summed E-state index contributed by atoms with van der Waals surface area (Å²) in [7, 11) is 1.76. The molecule has 4 heteroatoms. The van der Waals surface area contributed by atoms with Gasteiger partial charge in [0.1, 0.15) is 17.2 Å². The number of furan rings is 1. The van der Waals surface area contributed by atoms with Gasteiger partial charge in [-0.25, -0.2) is 0 Å². The summed E-state index contributed by atoms with van der Waals surface area (Å²) in [5, 5.41) is 1.09. The van der Waals surface area contributed by atoms with E-state index in [9.17, 15) is 4.79 Å². The molecule has 0 aliphatic heterocycles. The molecule has 1 unspecified atom stereocenters. The Bertz CT molecular complexity index is 516. The summed E-state index contributed by atoms with van der Waals surface area (Å²) in [4.78, 5) is 13.1. The Morgan fingerprint density at radius 2 is 2.17 bits per heavy atom. The van der Waals surface area contributed by atoms with Crippen molar-refractivity contribution in [1.29, 1.82) is 0 Å². The number of nitrogens with zero attached hydrogens (tertiary/aromatic N) is 1. The highest BCUT2D eigenvalue weighted by molar-refractivity contribution is 6.27. The smallest absolute Gasteiger partial charge is 0.237 e. The van der Waals surface area contributed by atoms with Gasteiger partial charge in [-0.2, -0.15) is 0 Å². The molecule has 0 aliphatic carbocycles. The largest absolute Gasteiger partial charge is 0.461 e. The molecule has 96 valence electrons. The van der Waals surface area contributed by atoms with Crippen LogP contribution in [-0.2, 0) is 11.2 Å². The first-order chi connectivity index (χ1) is 8.61. The second-order valence-corrected chi connectivity index (χ2v) is 4.71. The molecule has 1 amide bonds. The molecule has 0 fully saturated rings. The number of hydrogen-bond acceptors (Lipinski definition) is 2. The van der Waals surface area contributed by atoms with Crippen molar-refractivity contribution in [2.45, 2.75) is 19.4 Å². The van der Waals surface area contributed by atoms with Gasteiger partial charge in [-0.3, -0.25) is 4.79 Å². The molecule has 2 rings (SSSR count). The summed E-state index contributed by atoms with van der Waals surface area (Å²) in [6.45, 7) is 1.98. The van der Waals surface area contributed by atoms with E-state index in [1.165, 1.54) is 0 Å². The first-order valence-electron chi connectivity index (χ1n) is 5.91. The van der Waals surface area contributed by atoms with Crippen LogP contribution in [0.25, 0.3) is 11.0 Å². The molecule has 0 saturated carbocycles. The fraction of sp³-hybridized carbons (Fsp3) is 0.357. The third kappa shape index (κ3) is 2.67. The van der Waals surface area contributed by atoms with E-state index in [1.807, 2.05) is 37.3 Å². The van der Waals surface area contributed by atoms with Crippen LogP contribution in [0.15, 0.2) is 34.7 Å². The fourth-order valence-electron chi connectivity index (χ4n) is 1.91. The van der Waals surface area contributed by atoms with Gasteiger partial charge in [0.05, 0.1) is 0 Å². The van der Waals surface area contributed by atoms with Crippen molar-refractivity contribution in [3.05, 3.63) is 36.1 Å². The van der Waals surface area contributed by atoms with Crippen LogP contribution in [0.3, 0.4) is 0 Å². The predicted molar refractivity (Wildman–Crippen MR) is 72.9 cm³/mol. The Labute approximate surface area is 111 Å². The van der Waals surface area contributed by atoms with Crippen LogP contribution in [0.5, 0.6) is 0 Å². The third-order valence-corrected chi connectivity index (χ3v) is 3.37. The first kappa shape index (κ1) is 13.0. The molecule has 0 aliphatic rings. The van der Waals surface area contributed by atoms with E-state index in [4.69, 9.17) is 16.0 Å². The minimum atomic E-state index is -0.0692. The van der Waals surface area contributed by atoms with Crippen molar-refractivity contribution in [2.24, 2.45) is 0 Å². The van der Waals surface area contributed by atoms with Gasteiger partial charge in [0.25, 0.3) is 0 Å². The summed E-state index contributed by atoms with van der Waals surface area (Å²) < 4.78 is 5.73. The van der Waals surface area contributed by atoms with Crippen molar-refractivity contribution >= 4 is 28.5 Å². The summed E-state index contributed by atoms with van der Waals surface area (Å²) in [6.07, 6.45) is 0.688. The number of para-hydroxylation sites is 1. The molecule has 1 heterocycles. The lowest BCUT2D eigenvalue weighted by atomic mass is 10.1. The number of carbonyl (C=O) groups is 1. The minimum Gasteiger partial charge on any atom is -0.461 e. The van der Waals surface area contributed by atoms with Crippen molar-refractivity contribution in [1.82, 2.24) is 4.90 Å². The molecule has 0 radical (unpaired) electrons. The molecular weight excluding hydrogens is 250 g/mol. The highest BCUT2D eigenvalue weighted by Gasteiger charge is 2.16. The lowest BCUT2D eigenvalue weighted by Gasteiger charge is -2.23. The number of halogens is 1. The number of carbonyl (C=O) groups excluding carboxylic acids is 1. The molecule has 18 heavy (non-hydrogen) atoms. The number of likely N-dealkylation sites (N-methyl/N-ethyl adjacent to an activating group) is 1. The molecule has 0 bridgehead atoms. The van der Waals surface area contributed by atoms with E-state index in [2.05, 4.69) is 0 Å². The van der Waals surface area contributed by atoms with Crippen LogP contribution in [0.4, 0.5) is 0 Å². The quantitative estimate of drug-likeness (QED) is 0.796. The Morgan fingerprint density at radius 1 is 1.44 bits per heavy atom. The van der Waals surface area contributed by atoms with E-state index >= 15 is 0 Å². The standard InChI is InChI=1S/C14H16ClNO2/c1-10(16(2)14(17)9-15)7-12-8-11-5-3-4-6-13(11)18-12/h3-6,8,10H,7,9H2,1-2H3. The van der Waals surface area contributed by atoms with Crippen molar-refractivity contribution in [3.63, 3.8) is 0 Å². The highest BCUT2D eigenvalue weighted by Crippen LogP contribution is 2.20. The second kappa shape index (κ2) is 5.44. The minimum absolute atomic E-state index is 0.0149. The number of rotatable bonds is 4. The first-order valence-corrected chi connectivity index (χ1v) is 6.44. The van der Waals surface area contributed by atoms with E-state index in [-0.39, 0.29) is 17.8 Å². The fourth-order valence-corrected chi connectivity index (χ4v) is 2.09. The van der Waals surface area contributed by atoms with E-state index in [0.717, 1.165) is 16.7 Å². The number of hydrogen-bond donors (Lipinski definition) is 0. The number of benzene rings is 1. The van der Waals surface area contributed by atoms with Gasteiger partial charge in [-0.1, -0.05) is 18.2 Å². The SMILES string of the molecule is CC(Cc1cc2ccccc2o1)N(C)C(=O)CCl. The molecule has 0 N–H and O–H groups in total. The van der Waals surface area contributed by atoms with Gasteiger partial charge in [0.15, 0.2) is 0 Å². The molecule has 1 aromatic heterocycles. The number of alkyl halides is 1. The van der Waals surface area contributed by atoms with Crippen molar-refractivity contribution < 1.29 is 9.21 Å². The monoisotopic (exact) mass is 265 g/mol. The average Bonchev–Trinajstić information content (AvgIpc) is 2.78. The Balaban J connectivity index is 2.11. The number of fused-ring (bicyclic) bond motifs is 1. The Morgan fingerprint density at radius 3 is 2.83 bits per heavy atom. The Hall–Kier alpha value is -1.48. The Kier molecular flexibility index (Phi) is 3.92. The summed E-state index contributed by atoms with van der Waals surface area (Å²) >= 11 is 5.54. The third-order valence-electron chi connectivity index (χ3n) is 3.14. The van der Waals surface area contributed by atoms with Gasteiger partial charge < -0.3 is 9.32 Å². The molecule has 0 saturated heterocycles. The van der Waals surface area contributed by atoms with Crippen LogP contribution >= 0.6 is 11.6 Å². The topological polar surface area (TPSA) is 33.5 Å². The van der Waals surface area contributed by atoms with Crippen LogP contribution < -0.4 is 0 Å². The van der Waals surface area contributed by atoms with Crippen molar-refractivity contribution in [2.75, 3.05) is 12.9 Å². The van der Waals surface area contributed by atoms with E-state index in [0.29, 0.717) is 6.42 Å². The molecule has 2 aromatic rings. The maximum absolute atomic E-state index is 11.5. The maximum Gasteiger partial charge on any atom is 0.237 e. The van der Waals surface area contributed by atoms with Gasteiger partial charge >= 0.3 is 0 Å². The molecule has 3 nitrogen and oxygen atoms in total. The lowest BCUT2D eigenvalue weighted by molar-refractivity contribution is -0.128. The second-order valence-electron chi connectivity index (χ2n) is 4.44. The molecule has 1 aromatic carbocycles. The number of amides is 1. The summed E-state index contributed by atoms with van der Waals surface area (Å²) in [5.74, 6) is 0.833. The van der Waals surface area contributed by atoms with Crippen molar-refractivity contribution in [3.8, 4) is 0 Å². The molecular formula is C14H16ClNO2. The van der Waals surface area contributed by atoms with Crippen LogP contribution in [0.2, 0.25) is 0 Å². The van der Waals surface area contributed by atoms with Crippen LogP contribution in [0.1, 0.15) is 12.7 Å². The summed E-state index contributed by atoms with van der Waals surface area (Å²) in [5.41, 5.74) is 0.881. The average molecular weight is 266 g/mol. The van der Waals surface area contributed by atoms with Gasteiger partial charge in [0, 0.05) is 24.9 Å². The van der Waals surface area contributed by atoms with Gasteiger partial charge in [-0.15, -0.1) is 11.6 Å².